The summed E-state index contributed by atoms with van der Waals surface area (Å²) in [4.78, 5) is 26.9. The van der Waals surface area contributed by atoms with Crippen LogP contribution < -0.4 is 40.1 Å². The molecule has 0 N–H and O–H groups in total. The maximum absolute atomic E-state index is 12.9. The van der Waals surface area contributed by atoms with Gasteiger partial charge in [0, 0.05) is 18.4 Å². The Morgan fingerprint density at radius 2 is 2.00 bits per heavy atom. The molecule has 21 heavy (non-hydrogen) atoms. The monoisotopic (exact) mass is 298 g/mol. The summed E-state index contributed by atoms with van der Waals surface area (Å²) >= 11 is 0. The first-order valence-electron chi connectivity index (χ1n) is 5.99. The van der Waals surface area contributed by atoms with Crippen molar-refractivity contribution < 1.29 is 43.8 Å². The molecule has 0 saturated heterocycles. The van der Waals surface area contributed by atoms with E-state index >= 15 is 0 Å². The summed E-state index contributed by atoms with van der Waals surface area (Å²) in [6.07, 6.45) is 3.70. The predicted octanol–water partition coefficient (Wildman–Crippen LogP) is -2.00. The minimum atomic E-state index is -1.55. The molecule has 7 heteroatoms. The van der Waals surface area contributed by atoms with E-state index in [1.807, 2.05) is 13.8 Å². The zero-order chi connectivity index (χ0) is 14.9. The van der Waals surface area contributed by atoms with E-state index in [1.165, 1.54) is 18.5 Å². The predicted molar refractivity (Wildman–Crippen MR) is 68.6 cm³/mol. The quantitative estimate of drug-likeness (QED) is 0.614. The Balaban J connectivity index is 0.00000220. The second-order valence-electron chi connectivity index (χ2n) is 4.60. The van der Waals surface area contributed by atoms with Gasteiger partial charge in [0.25, 0.3) is 0 Å². The smallest absolute Gasteiger partial charge is 0.545 e. The van der Waals surface area contributed by atoms with Crippen LogP contribution in [-0.2, 0) is 0 Å². The number of aromatic nitrogens is 2. The third-order valence-electron chi connectivity index (χ3n) is 2.87. The van der Waals surface area contributed by atoms with Crippen molar-refractivity contribution in [2.24, 2.45) is 0 Å². The standard InChI is InChI=1S/C14H13FN2O3.Na/c1-8(2)17-6-10(12-4-3-9(15)5-16-12)13(18)11(7-17)14(19)20;/h3-8H,1-2H3,(H,19,20);/q;+1/p-1. The molecule has 0 unspecified atom stereocenters. The van der Waals surface area contributed by atoms with Gasteiger partial charge in [-0.2, -0.15) is 0 Å². The number of hydrogen-bond donors (Lipinski definition) is 0. The average Bonchev–Trinajstić information content (AvgIpc) is 2.39. The minimum absolute atomic E-state index is 0. The Labute approximate surface area is 142 Å². The minimum Gasteiger partial charge on any atom is -0.545 e. The summed E-state index contributed by atoms with van der Waals surface area (Å²) in [5.41, 5.74) is -0.822. The molecule has 0 aliphatic carbocycles. The molecule has 2 aromatic rings. The first-order valence-corrected chi connectivity index (χ1v) is 5.99. The van der Waals surface area contributed by atoms with Gasteiger partial charge in [0.2, 0.25) is 0 Å². The molecular formula is C14H12FN2NaO3. The SMILES string of the molecule is CC(C)n1cc(C(=O)[O-])c(=O)c(-c2ccc(F)cn2)c1.[Na+]. The fourth-order valence-corrected chi connectivity index (χ4v) is 1.76. The molecule has 0 aliphatic heterocycles. The van der Waals surface area contributed by atoms with E-state index < -0.39 is 22.8 Å². The molecule has 2 rings (SSSR count). The van der Waals surface area contributed by atoms with Crippen molar-refractivity contribution in [3.63, 3.8) is 0 Å². The molecule has 0 amide bonds. The van der Waals surface area contributed by atoms with Gasteiger partial charge in [-0.1, -0.05) is 0 Å². The van der Waals surface area contributed by atoms with E-state index in [-0.39, 0.29) is 46.9 Å². The fraction of sp³-hybridized carbons (Fsp3) is 0.214. The van der Waals surface area contributed by atoms with Crippen LogP contribution in [0.1, 0.15) is 30.2 Å². The van der Waals surface area contributed by atoms with Crippen LogP contribution in [0.4, 0.5) is 4.39 Å². The van der Waals surface area contributed by atoms with Gasteiger partial charge in [0.1, 0.15) is 5.82 Å². The fourth-order valence-electron chi connectivity index (χ4n) is 1.76. The van der Waals surface area contributed by atoms with Crippen LogP contribution in [0.3, 0.4) is 0 Å². The third-order valence-corrected chi connectivity index (χ3v) is 2.87. The van der Waals surface area contributed by atoms with Crippen LogP contribution >= 0.6 is 0 Å². The zero-order valence-electron chi connectivity index (χ0n) is 12.0. The van der Waals surface area contributed by atoms with Crippen molar-refractivity contribution in [3.05, 3.63) is 52.3 Å². The van der Waals surface area contributed by atoms with Crippen molar-refractivity contribution in [2.75, 3.05) is 0 Å². The summed E-state index contributed by atoms with van der Waals surface area (Å²) in [6, 6.07) is 2.44. The van der Waals surface area contributed by atoms with Crippen molar-refractivity contribution in [1.82, 2.24) is 9.55 Å². The largest absolute Gasteiger partial charge is 1.00 e. The maximum Gasteiger partial charge on any atom is 1.00 e. The Hall–Kier alpha value is -1.50. The van der Waals surface area contributed by atoms with Crippen LogP contribution in [0.15, 0.2) is 35.5 Å². The van der Waals surface area contributed by atoms with Crippen LogP contribution in [0.5, 0.6) is 0 Å². The number of pyridine rings is 2. The van der Waals surface area contributed by atoms with E-state index in [9.17, 15) is 19.1 Å². The van der Waals surface area contributed by atoms with Gasteiger partial charge in [-0.05, 0) is 26.0 Å². The van der Waals surface area contributed by atoms with E-state index in [2.05, 4.69) is 4.98 Å². The summed E-state index contributed by atoms with van der Waals surface area (Å²) in [5, 5.41) is 11.0. The topological polar surface area (TPSA) is 75.0 Å². The van der Waals surface area contributed by atoms with Gasteiger partial charge < -0.3 is 14.5 Å². The molecule has 5 nitrogen and oxygen atoms in total. The maximum atomic E-state index is 12.9. The number of hydrogen-bond acceptors (Lipinski definition) is 4. The average molecular weight is 298 g/mol. The van der Waals surface area contributed by atoms with Crippen LogP contribution in [-0.4, -0.2) is 15.5 Å². The molecule has 0 fully saturated rings. The van der Waals surface area contributed by atoms with Crippen LogP contribution in [0.25, 0.3) is 11.3 Å². The van der Waals surface area contributed by atoms with Gasteiger partial charge in [-0.3, -0.25) is 9.78 Å². The number of carboxylic acid groups (broad SMARTS) is 1. The van der Waals surface area contributed by atoms with E-state index in [1.54, 1.807) is 4.57 Å². The molecule has 104 valence electrons. The third kappa shape index (κ3) is 3.78. The first-order chi connectivity index (χ1) is 9.40. The Morgan fingerprint density at radius 1 is 1.33 bits per heavy atom. The number of carbonyl (C=O) groups is 1. The Bertz CT molecular complexity index is 711. The van der Waals surface area contributed by atoms with E-state index in [0.717, 1.165) is 12.3 Å². The van der Waals surface area contributed by atoms with Gasteiger partial charge in [0.15, 0.2) is 5.43 Å². The van der Waals surface area contributed by atoms with E-state index in [4.69, 9.17) is 0 Å². The molecule has 0 aliphatic rings. The van der Waals surface area contributed by atoms with Gasteiger partial charge >= 0.3 is 29.6 Å². The second-order valence-corrected chi connectivity index (χ2v) is 4.60. The number of aromatic carboxylic acids is 1. The van der Waals surface area contributed by atoms with Crippen molar-refractivity contribution in [1.29, 1.82) is 0 Å². The number of nitrogens with zero attached hydrogens (tertiary/aromatic N) is 2. The van der Waals surface area contributed by atoms with Crippen LogP contribution in [0, 0.1) is 5.82 Å². The molecule has 0 saturated carbocycles. The molecule has 0 aromatic carbocycles. The molecule has 0 spiro atoms. The molecule has 2 aromatic heterocycles. The summed E-state index contributed by atoms with van der Waals surface area (Å²) in [5.74, 6) is -2.08. The summed E-state index contributed by atoms with van der Waals surface area (Å²) in [7, 11) is 0. The number of carbonyl (C=O) groups excluding carboxylic acids is 1. The van der Waals surface area contributed by atoms with Crippen molar-refractivity contribution in [2.45, 2.75) is 19.9 Å². The van der Waals surface area contributed by atoms with Crippen molar-refractivity contribution >= 4 is 5.97 Å². The van der Waals surface area contributed by atoms with Gasteiger partial charge in [-0.25, -0.2) is 4.39 Å². The van der Waals surface area contributed by atoms with Gasteiger partial charge in [0.05, 0.1) is 29.0 Å². The molecule has 2 heterocycles. The molecule has 0 bridgehead atoms. The summed E-state index contributed by atoms with van der Waals surface area (Å²) < 4.78 is 14.4. The molecular weight excluding hydrogens is 286 g/mol. The number of rotatable bonds is 3. The van der Waals surface area contributed by atoms with Gasteiger partial charge in [-0.15, -0.1) is 0 Å². The van der Waals surface area contributed by atoms with E-state index in [0.29, 0.717) is 0 Å². The van der Waals surface area contributed by atoms with Crippen LogP contribution in [0.2, 0.25) is 0 Å². The zero-order valence-corrected chi connectivity index (χ0v) is 14.0. The molecule has 0 atom stereocenters. The number of halogens is 1. The summed E-state index contributed by atoms with van der Waals surface area (Å²) in [6.45, 7) is 3.68. The second kappa shape index (κ2) is 6.98. The Kier molecular flexibility index (Phi) is 5.83. The van der Waals surface area contributed by atoms with Crippen molar-refractivity contribution in [3.8, 4) is 11.3 Å². The normalized spacial score (nSPS) is 10.3. The molecule has 0 radical (unpaired) electrons. The number of carboxylic acids is 1. The first kappa shape index (κ1) is 17.6. The Morgan fingerprint density at radius 3 is 2.48 bits per heavy atom.